The zero-order valence-electron chi connectivity index (χ0n) is 17.2. The fraction of sp³-hybridized carbons (Fsp3) is 0.348. The summed E-state index contributed by atoms with van der Waals surface area (Å²) in [6.45, 7) is 3.15. The number of rotatable bonds is 3. The molecule has 0 bridgehead atoms. The Bertz CT molecular complexity index is 1110. The van der Waals surface area contributed by atoms with E-state index in [0.717, 1.165) is 43.5 Å². The zero-order valence-corrected chi connectivity index (χ0v) is 17.2. The first-order chi connectivity index (χ1) is 14.8. The Morgan fingerprint density at radius 3 is 2.52 bits per heavy atom. The topological polar surface area (TPSA) is 58.1 Å². The molecule has 8 heteroatoms. The maximum Gasteiger partial charge on any atom is 0.416 e. The molecule has 1 aliphatic heterocycles. The Kier molecular flexibility index (Phi) is 5.80. The molecule has 2 aromatic heterocycles. The monoisotopic (exact) mass is 428 g/mol. The van der Waals surface area contributed by atoms with E-state index in [1.165, 1.54) is 12.3 Å². The van der Waals surface area contributed by atoms with Gasteiger partial charge in [0.1, 0.15) is 0 Å². The van der Waals surface area contributed by atoms with E-state index in [1.54, 1.807) is 23.1 Å². The van der Waals surface area contributed by atoms with Crippen molar-refractivity contribution in [3.8, 4) is 0 Å². The average molecular weight is 428 g/mol. The summed E-state index contributed by atoms with van der Waals surface area (Å²) < 4.78 is 39.6. The van der Waals surface area contributed by atoms with Crippen LogP contribution in [0.3, 0.4) is 0 Å². The molecule has 0 aliphatic carbocycles. The molecule has 4 rings (SSSR count). The van der Waals surface area contributed by atoms with Crippen molar-refractivity contribution in [2.24, 2.45) is 0 Å². The fourth-order valence-electron chi connectivity index (χ4n) is 3.83. The van der Waals surface area contributed by atoms with Crippen LogP contribution >= 0.6 is 0 Å². The summed E-state index contributed by atoms with van der Waals surface area (Å²) >= 11 is 0. The van der Waals surface area contributed by atoms with E-state index in [1.807, 2.05) is 6.92 Å². The quantitative estimate of drug-likeness (QED) is 0.580. The number of hydrogen-bond acceptors (Lipinski definition) is 4. The van der Waals surface area contributed by atoms with Crippen LogP contribution in [0.15, 0.2) is 42.6 Å². The first kappa shape index (κ1) is 21.1. The van der Waals surface area contributed by atoms with Gasteiger partial charge in [0.15, 0.2) is 5.65 Å². The standard InChI is InChI=1S/C23H23F3N4O/c1-15-9-10-18-20(29-17-8-6-7-16(13-17)23(24,25)26)19(14-27-21(18)28-15)22(31)30-11-4-2-3-5-12-30/h6-10,13-14H,2-5,11-12H2,1H3,(H,27,28,29). The lowest BCUT2D eigenvalue weighted by atomic mass is 10.1. The summed E-state index contributed by atoms with van der Waals surface area (Å²) in [5.74, 6) is -0.175. The molecule has 1 aromatic carbocycles. The molecular weight excluding hydrogens is 405 g/mol. The number of nitrogens with zero attached hydrogens (tertiary/aromatic N) is 3. The Morgan fingerprint density at radius 1 is 1.06 bits per heavy atom. The second-order valence-electron chi connectivity index (χ2n) is 7.78. The SMILES string of the molecule is Cc1ccc2c(Nc3cccc(C(F)(F)F)c3)c(C(=O)N3CCCCCC3)cnc2n1. The van der Waals surface area contributed by atoms with Crippen LogP contribution in [0.2, 0.25) is 0 Å². The van der Waals surface area contributed by atoms with Gasteiger partial charge in [-0.15, -0.1) is 0 Å². The van der Waals surface area contributed by atoms with Crippen molar-refractivity contribution in [1.29, 1.82) is 0 Å². The second kappa shape index (κ2) is 8.53. The molecule has 1 N–H and O–H groups in total. The molecule has 1 aliphatic rings. The van der Waals surface area contributed by atoms with E-state index in [-0.39, 0.29) is 11.6 Å². The third-order valence-electron chi connectivity index (χ3n) is 5.45. The Hall–Kier alpha value is -3.16. The number of pyridine rings is 2. The van der Waals surface area contributed by atoms with Gasteiger partial charge in [-0.05, 0) is 50.1 Å². The lowest BCUT2D eigenvalue weighted by Gasteiger charge is -2.23. The zero-order chi connectivity index (χ0) is 22.0. The van der Waals surface area contributed by atoms with E-state index in [0.29, 0.717) is 35.4 Å². The van der Waals surface area contributed by atoms with E-state index >= 15 is 0 Å². The van der Waals surface area contributed by atoms with E-state index in [4.69, 9.17) is 0 Å². The van der Waals surface area contributed by atoms with Crippen LogP contribution in [0.5, 0.6) is 0 Å². The van der Waals surface area contributed by atoms with Gasteiger partial charge in [-0.25, -0.2) is 9.97 Å². The molecule has 1 amide bonds. The third-order valence-corrected chi connectivity index (χ3v) is 5.45. The van der Waals surface area contributed by atoms with Gasteiger partial charge in [-0.2, -0.15) is 13.2 Å². The maximum atomic E-state index is 13.3. The lowest BCUT2D eigenvalue weighted by molar-refractivity contribution is -0.137. The van der Waals surface area contributed by atoms with Crippen LogP contribution in [0.4, 0.5) is 24.5 Å². The number of alkyl halides is 3. The minimum Gasteiger partial charge on any atom is -0.354 e. The van der Waals surface area contributed by atoms with Crippen molar-refractivity contribution < 1.29 is 18.0 Å². The molecule has 0 unspecified atom stereocenters. The van der Waals surface area contributed by atoms with Gasteiger partial charge in [-0.3, -0.25) is 4.79 Å². The molecule has 0 spiro atoms. The van der Waals surface area contributed by atoms with Crippen LogP contribution in [0, 0.1) is 6.92 Å². The van der Waals surface area contributed by atoms with Crippen LogP contribution in [-0.2, 0) is 6.18 Å². The molecule has 31 heavy (non-hydrogen) atoms. The van der Waals surface area contributed by atoms with Gasteiger partial charge < -0.3 is 10.2 Å². The number of nitrogens with one attached hydrogen (secondary N) is 1. The van der Waals surface area contributed by atoms with Crippen molar-refractivity contribution in [3.63, 3.8) is 0 Å². The minimum atomic E-state index is -4.46. The van der Waals surface area contributed by atoms with Gasteiger partial charge >= 0.3 is 6.18 Å². The van der Waals surface area contributed by atoms with Crippen LogP contribution in [0.1, 0.15) is 47.3 Å². The molecule has 5 nitrogen and oxygen atoms in total. The number of fused-ring (bicyclic) bond motifs is 1. The molecule has 0 atom stereocenters. The van der Waals surface area contributed by atoms with Gasteiger partial charge in [0.2, 0.25) is 0 Å². The van der Waals surface area contributed by atoms with Gasteiger partial charge in [0.25, 0.3) is 5.91 Å². The largest absolute Gasteiger partial charge is 0.416 e. The number of halogens is 3. The summed E-state index contributed by atoms with van der Waals surface area (Å²) in [6.07, 6.45) is 1.05. The highest BCUT2D eigenvalue weighted by Gasteiger charge is 2.30. The summed E-state index contributed by atoms with van der Waals surface area (Å²) in [6, 6.07) is 8.52. The number of benzene rings is 1. The molecule has 0 saturated carbocycles. The minimum absolute atomic E-state index is 0.175. The molecule has 162 valence electrons. The number of carbonyl (C=O) groups excluding carboxylic acids is 1. The Labute approximate surface area is 178 Å². The summed E-state index contributed by atoms with van der Waals surface area (Å²) in [7, 11) is 0. The lowest BCUT2D eigenvalue weighted by Crippen LogP contribution is -2.32. The van der Waals surface area contributed by atoms with Gasteiger partial charge in [0.05, 0.1) is 16.8 Å². The predicted octanol–water partition coefficient (Wildman–Crippen LogP) is 5.72. The van der Waals surface area contributed by atoms with Crippen LogP contribution in [-0.4, -0.2) is 33.9 Å². The highest BCUT2D eigenvalue weighted by molar-refractivity contribution is 6.07. The summed E-state index contributed by atoms with van der Waals surface area (Å²) in [4.78, 5) is 23.9. The first-order valence-corrected chi connectivity index (χ1v) is 10.3. The number of anilines is 2. The number of carbonyl (C=O) groups is 1. The molecule has 3 heterocycles. The van der Waals surface area contributed by atoms with E-state index < -0.39 is 11.7 Å². The summed E-state index contributed by atoms with van der Waals surface area (Å²) in [5.41, 5.74) is 1.43. The predicted molar refractivity (Wildman–Crippen MR) is 113 cm³/mol. The molecule has 0 radical (unpaired) electrons. The molecule has 1 fully saturated rings. The van der Waals surface area contributed by atoms with Crippen molar-refractivity contribution in [2.75, 3.05) is 18.4 Å². The molecular formula is C23H23F3N4O. The third kappa shape index (κ3) is 4.62. The Balaban J connectivity index is 1.79. The highest BCUT2D eigenvalue weighted by atomic mass is 19.4. The first-order valence-electron chi connectivity index (χ1n) is 10.3. The Morgan fingerprint density at radius 2 is 1.81 bits per heavy atom. The van der Waals surface area contributed by atoms with Crippen LogP contribution in [0.25, 0.3) is 11.0 Å². The molecule has 3 aromatic rings. The average Bonchev–Trinajstić information content (AvgIpc) is 3.02. The van der Waals surface area contributed by atoms with Crippen molar-refractivity contribution in [2.45, 2.75) is 38.8 Å². The van der Waals surface area contributed by atoms with Crippen molar-refractivity contribution in [1.82, 2.24) is 14.9 Å². The summed E-state index contributed by atoms with van der Waals surface area (Å²) in [5, 5.41) is 3.64. The number of aromatic nitrogens is 2. The van der Waals surface area contributed by atoms with Gasteiger partial charge in [-0.1, -0.05) is 18.9 Å². The smallest absolute Gasteiger partial charge is 0.354 e. The van der Waals surface area contributed by atoms with E-state index in [2.05, 4.69) is 15.3 Å². The highest BCUT2D eigenvalue weighted by Crippen LogP contribution is 2.34. The van der Waals surface area contributed by atoms with E-state index in [9.17, 15) is 18.0 Å². The molecule has 1 saturated heterocycles. The number of hydrogen-bond donors (Lipinski definition) is 1. The van der Waals surface area contributed by atoms with Crippen molar-refractivity contribution >= 4 is 28.3 Å². The fourth-order valence-corrected chi connectivity index (χ4v) is 3.83. The number of aryl methyl sites for hydroxylation is 1. The maximum absolute atomic E-state index is 13.3. The number of amides is 1. The number of likely N-dealkylation sites (tertiary alicyclic amines) is 1. The van der Waals surface area contributed by atoms with Crippen molar-refractivity contribution in [3.05, 3.63) is 59.4 Å². The van der Waals surface area contributed by atoms with Gasteiger partial charge in [0, 0.05) is 36.1 Å². The van der Waals surface area contributed by atoms with Crippen LogP contribution < -0.4 is 5.32 Å². The normalized spacial score (nSPS) is 15.0. The second-order valence-corrected chi connectivity index (χ2v) is 7.78.